The van der Waals surface area contributed by atoms with Gasteiger partial charge in [-0.05, 0) is 24.1 Å². The van der Waals surface area contributed by atoms with Crippen LogP contribution < -0.4 is 5.43 Å². The van der Waals surface area contributed by atoms with Crippen LogP contribution in [0.15, 0.2) is 34.4 Å². The first-order chi connectivity index (χ1) is 9.69. The quantitative estimate of drug-likeness (QED) is 0.866. The third-order valence-electron chi connectivity index (χ3n) is 2.82. The van der Waals surface area contributed by atoms with Gasteiger partial charge in [-0.2, -0.15) is 0 Å². The Hall–Kier alpha value is -1.33. The molecule has 0 aromatic heterocycles. The number of hydrazone groups is 1. The summed E-state index contributed by atoms with van der Waals surface area (Å²) < 4.78 is 0. The number of thioether (sulfide) groups is 1. The van der Waals surface area contributed by atoms with Gasteiger partial charge >= 0.3 is 0 Å². The highest BCUT2D eigenvalue weighted by atomic mass is 35.5. The van der Waals surface area contributed by atoms with Crippen molar-refractivity contribution in [2.75, 3.05) is 0 Å². The monoisotopic (exact) mass is 309 g/mol. The zero-order valence-corrected chi connectivity index (χ0v) is 12.7. The average Bonchev–Trinajstić information content (AvgIpc) is 2.46. The summed E-state index contributed by atoms with van der Waals surface area (Å²) in [5.74, 6) is -0.0334. The fourth-order valence-electron chi connectivity index (χ4n) is 1.70. The molecule has 0 spiro atoms. The number of hydrogen-bond donors (Lipinski definition) is 1. The Bertz CT molecular complexity index is 528. The number of amides is 1. The molecule has 0 unspecified atom stereocenters. The number of amidine groups is 1. The number of carbonyl (C=O) groups excluding carboxylic acids is 1. The highest BCUT2D eigenvalue weighted by Crippen LogP contribution is 2.23. The SMILES string of the molecule is CCCC[C@H]1SC(N=Cc2ccc(Cl)cc2)=NNC1=O. The molecule has 0 saturated heterocycles. The summed E-state index contributed by atoms with van der Waals surface area (Å²) in [5, 5.41) is 5.14. The van der Waals surface area contributed by atoms with Crippen LogP contribution >= 0.6 is 23.4 Å². The van der Waals surface area contributed by atoms with Crippen LogP contribution in [0.4, 0.5) is 0 Å². The van der Waals surface area contributed by atoms with E-state index in [0.29, 0.717) is 10.2 Å². The number of rotatable bonds is 4. The summed E-state index contributed by atoms with van der Waals surface area (Å²) in [7, 11) is 0. The largest absolute Gasteiger partial charge is 0.272 e. The molecule has 0 saturated carbocycles. The van der Waals surface area contributed by atoms with Crippen molar-refractivity contribution >= 4 is 40.7 Å². The van der Waals surface area contributed by atoms with Crippen LogP contribution in [-0.4, -0.2) is 22.5 Å². The van der Waals surface area contributed by atoms with Crippen LogP contribution in [0.3, 0.4) is 0 Å². The molecule has 0 bridgehead atoms. The van der Waals surface area contributed by atoms with Gasteiger partial charge in [-0.15, -0.1) is 5.10 Å². The fraction of sp³-hybridized carbons (Fsp3) is 0.357. The summed E-state index contributed by atoms with van der Waals surface area (Å²) >= 11 is 7.24. The molecule has 1 aliphatic rings. The standard InChI is InChI=1S/C14H16ClN3OS/c1-2-3-4-12-13(19)17-18-14(20-12)16-9-10-5-7-11(15)8-6-10/h5-9,12H,2-4H2,1H3,(H,17,19)/t12-/m1/s1. The molecule has 0 radical (unpaired) electrons. The van der Waals surface area contributed by atoms with Crippen molar-refractivity contribution in [3.05, 3.63) is 34.9 Å². The number of unbranched alkanes of at least 4 members (excludes halogenated alkanes) is 1. The van der Waals surface area contributed by atoms with Crippen molar-refractivity contribution in [1.29, 1.82) is 0 Å². The minimum Gasteiger partial charge on any atom is -0.272 e. The second-order valence-corrected chi connectivity index (χ2v) is 6.04. The number of aliphatic imine (C=N–C) groups is 1. The van der Waals surface area contributed by atoms with E-state index >= 15 is 0 Å². The number of carbonyl (C=O) groups is 1. The van der Waals surface area contributed by atoms with E-state index in [1.807, 2.05) is 24.3 Å². The van der Waals surface area contributed by atoms with Crippen molar-refractivity contribution < 1.29 is 4.79 Å². The van der Waals surface area contributed by atoms with E-state index < -0.39 is 0 Å². The maximum absolute atomic E-state index is 11.7. The second-order valence-electron chi connectivity index (χ2n) is 4.43. The smallest absolute Gasteiger partial charge is 0.253 e. The lowest BCUT2D eigenvalue weighted by molar-refractivity contribution is -0.120. The third-order valence-corrected chi connectivity index (χ3v) is 4.21. The van der Waals surface area contributed by atoms with Gasteiger partial charge in [0.25, 0.3) is 5.91 Å². The Kier molecular flexibility index (Phi) is 5.61. The van der Waals surface area contributed by atoms with Gasteiger partial charge in [0.05, 0.1) is 5.25 Å². The molecule has 1 N–H and O–H groups in total. The first-order valence-electron chi connectivity index (χ1n) is 6.53. The number of hydrogen-bond acceptors (Lipinski definition) is 4. The molecule has 1 aliphatic heterocycles. The summed E-state index contributed by atoms with van der Waals surface area (Å²) in [6.45, 7) is 2.11. The maximum atomic E-state index is 11.7. The molecule has 1 aromatic carbocycles. The fourth-order valence-corrected chi connectivity index (χ4v) is 2.74. The van der Waals surface area contributed by atoms with E-state index in [-0.39, 0.29) is 11.2 Å². The lowest BCUT2D eigenvalue weighted by Gasteiger charge is -2.18. The Morgan fingerprint density at radius 3 is 2.90 bits per heavy atom. The van der Waals surface area contributed by atoms with Crippen molar-refractivity contribution in [2.24, 2.45) is 10.1 Å². The first-order valence-corrected chi connectivity index (χ1v) is 7.78. The lowest BCUT2D eigenvalue weighted by Crippen LogP contribution is -2.34. The number of nitrogens with zero attached hydrogens (tertiary/aromatic N) is 2. The predicted octanol–water partition coefficient (Wildman–Crippen LogP) is 3.45. The van der Waals surface area contributed by atoms with Gasteiger partial charge < -0.3 is 0 Å². The average molecular weight is 310 g/mol. The second kappa shape index (κ2) is 7.45. The van der Waals surface area contributed by atoms with Gasteiger partial charge in [0.1, 0.15) is 0 Å². The summed E-state index contributed by atoms with van der Waals surface area (Å²) in [6.07, 6.45) is 4.67. The molecule has 1 atom stereocenters. The lowest BCUT2D eigenvalue weighted by atomic mass is 10.2. The van der Waals surface area contributed by atoms with Crippen LogP contribution in [0.5, 0.6) is 0 Å². The highest BCUT2D eigenvalue weighted by Gasteiger charge is 2.24. The van der Waals surface area contributed by atoms with Crippen molar-refractivity contribution in [2.45, 2.75) is 31.4 Å². The van der Waals surface area contributed by atoms with E-state index in [2.05, 4.69) is 22.4 Å². The Morgan fingerprint density at radius 2 is 2.20 bits per heavy atom. The third kappa shape index (κ3) is 4.35. The Labute approximate surface area is 127 Å². The minimum absolute atomic E-state index is 0.0334. The maximum Gasteiger partial charge on any atom is 0.253 e. The van der Waals surface area contributed by atoms with Crippen LogP contribution in [0.2, 0.25) is 5.02 Å². The first kappa shape index (κ1) is 15.1. The molecular formula is C14H16ClN3OS. The van der Waals surface area contributed by atoms with E-state index in [9.17, 15) is 4.79 Å². The summed E-state index contributed by atoms with van der Waals surface area (Å²) in [6, 6.07) is 7.38. The van der Waals surface area contributed by atoms with Crippen molar-refractivity contribution in [3.8, 4) is 0 Å². The molecule has 106 valence electrons. The molecule has 2 rings (SSSR count). The summed E-state index contributed by atoms with van der Waals surface area (Å²) in [5.41, 5.74) is 3.47. The van der Waals surface area contributed by atoms with Gasteiger partial charge in [-0.25, -0.2) is 10.4 Å². The number of benzene rings is 1. The molecular weight excluding hydrogens is 294 g/mol. The normalized spacial score (nSPS) is 19.0. The van der Waals surface area contributed by atoms with Gasteiger partial charge in [0.15, 0.2) is 0 Å². The molecule has 6 heteroatoms. The number of nitrogens with one attached hydrogen (secondary N) is 1. The van der Waals surface area contributed by atoms with Crippen LogP contribution in [0.25, 0.3) is 0 Å². The topological polar surface area (TPSA) is 53.8 Å². The summed E-state index contributed by atoms with van der Waals surface area (Å²) in [4.78, 5) is 16.0. The van der Waals surface area contributed by atoms with Gasteiger partial charge in [-0.3, -0.25) is 4.79 Å². The molecule has 1 heterocycles. The molecule has 1 amide bonds. The van der Waals surface area contributed by atoms with E-state index in [4.69, 9.17) is 11.6 Å². The zero-order chi connectivity index (χ0) is 14.4. The highest BCUT2D eigenvalue weighted by molar-refractivity contribution is 8.15. The molecule has 20 heavy (non-hydrogen) atoms. The van der Waals surface area contributed by atoms with Gasteiger partial charge in [-0.1, -0.05) is 55.3 Å². The van der Waals surface area contributed by atoms with Crippen LogP contribution in [0.1, 0.15) is 31.7 Å². The molecule has 0 fully saturated rings. The number of halogens is 1. The minimum atomic E-state index is -0.0928. The van der Waals surface area contributed by atoms with E-state index in [1.165, 1.54) is 11.8 Å². The van der Waals surface area contributed by atoms with Gasteiger partial charge in [0, 0.05) is 11.2 Å². The Balaban J connectivity index is 1.98. The van der Waals surface area contributed by atoms with E-state index in [0.717, 1.165) is 24.8 Å². The molecule has 4 nitrogen and oxygen atoms in total. The van der Waals surface area contributed by atoms with Crippen molar-refractivity contribution in [3.63, 3.8) is 0 Å². The predicted molar refractivity (Wildman–Crippen MR) is 85.5 cm³/mol. The van der Waals surface area contributed by atoms with Crippen LogP contribution in [-0.2, 0) is 4.79 Å². The van der Waals surface area contributed by atoms with Crippen molar-refractivity contribution in [1.82, 2.24) is 5.43 Å². The Morgan fingerprint density at radius 1 is 1.45 bits per heavy atom. The van der Waals surface area contributed by atoms with Crippen LogP contribution in [0, 0.1) is 0 Å². The molecule has 0 aliphatic carbocycles. The van der Waals surface area contributed by atoms with Gasteiger partial charge in [0.2, 0.25) is 5.17 Å². The van der Waals surface area contributed by atoms with E-state index in [1.54, 1.807) is 6.21 Å². The molecule has 1 aromatic rings. The zero-order valence-electron chi connectivity index (χ0n) is 11.2.